The SMILES string of the molecule is CCOc1ccccc1C(CCC1CCCCO1)NN. The van der Waals surface area contributed by atoms with Crippen LogP contribution in [0.5, 0.6) is 5.75 Å². The number of rotatable bonds is 7. The number of nitrogens with one attached hydrogen (secondary N) is 1. The first-order chi connectivity index (χ1) is 9.85. The molecule has 1 fully saturated rings. The summed E-state index contributed by atoms with van der Waals surface area (Å²) < 4.78 is 11.5. The Hall–Kier alpha value is -1.10. The zero-order chi connectivity index (χ0) is 14.2. The second-order valence-corrected chi connectivity index (χ2v) is 5.26. The van der Waals surface area contributed by atoms with Crippen molar-refractivity contribution in [3.63, 3.8) is 0 Å². The predicted molar refractivity (Wildman–Crippen MR) is 80.5 cm³/mol. The molecule has 3 N–H and O–H groups in total. The highest BCUT2D eigenvalue weighted by Crippen LogP contribution is 2.29. The molecule has 4 nitrogen and oxygen atoms in total. The molecule has 2 atom stereocenters. The summed E-state index contributed by atoms with van der Waals surface area (Å²) in [5.74, 6) is 6.66. The molecule has 1 aliphatic heterocycles. The fraction of sp³-hybridized carbons (Fsp3) is 0.625. The van der Waals surface area contributed by atoms with Gasteiger partial charge in [0.25, 0.3) is 0 Å². The molecule has 0 amide bonds. The van der Waals surface area contributed by atoms with Crippen molar-refractivity contribution >= 4 is 0 Å². The molecule has 4 heteroatoms. The summed E-state index contributed by atoms with van der Waals surface area (Å²) in [6.45, 7) is 3.57. The predicted octanol–water partition coefficient (Wildman–Crippen LogP) is 2.94. The van der Waals surface area contributed by atoms with E-state index in [4.69, 9.17) is 15.3 Å². The lowest BCUT2D eigenvalue weighted by Crippen LogP contribution is -2.30. The Morgan fingerprint density at radius 3 is 2.95 bits per heavy atom. The highest BCUT2D eigenvalue weighted by Gasteiger charge is 2.19. The average Bonchev–Trinajstić information content (AvgIpc) is 2.51. The van der Waals surface area contributed by atoms with Gasteiger partial charge in [0.05, 0.1) is 12.7 Å². The van der Waals surface area contributed by atoms with Crippen molar-refractivity contribution in [1.82, 2.24) is 5.43 Å². The van der Waals surface area contributed by atoms with Crippen LogP contribution in [0.4, 0.5) is 0 Å². The molecule has 0 aromatic heterocycles. The topological polar surface area (TPSA) is 56.5 Å². The van der Waals surface area contributed by atoms with E-state index < -0.39 is 0 Å². The number of hydrazine groups is 1. The summed E-state index contributed by atoms with van der Waals surface area (Å²) in [4.78, 5) is 0. The maximum Gasteiger partial charge on any atom is 0.124 e. The number of hydrogen-bond donors (Lipinski definition) is 2. The van der Waals surface area contributed by atoms with Crippen LogP contribution in [0.2, 0.25) is 0 Å². The summed E-state index contributed by atoms with van der Waals surface area (Å²) in [5, 5.41) is 0. The molecule has 1 saturated heterocycles. The largest absolute Gasteiger partial charge is 0.494 e. The first-order valence-electron chi connectivity index (χ1n) is 7.64. The lowest BCUT2D eigenvalue weighted by Gasteiger charge is -2.25. The summed E-state index contributed by atoms with van der Waals surface area (Å²) >= 11 is 0. The third-order valence-electron chi connectivity index (χ3n) is 3.85. The van der Waals surface area contributed by atoms with Crippen molar-refractivity contribution < 1.29 is 9.47 Å². The van der Waals surface area contributed by atoms with Crippen molar-refractivity contribution in [2.75, 3.05) is 13.2 Å². The molecule has 2 rings (SSSR count). The third-order valence-corrected chi connectivity index (χ3v) is 3.85. The Bertz CT molecular complexity index is 392. The number of benzene rings is 1. The quantitative estimate of drug-likeness (QED) is 0.595. The third kappa shape index (κ3) is 4.20. The van der Waals surface area contributed by atoms with Gasteiger partial charge in [0.15, 0.2) is 0 Å². The molecule has 2 unspecified atom stereocenters. The van der Waals surface area contributed by atoms with Crippen molar-refractivity contribution in [3.8, 4) is 5.75 Å². The van der Waals surface area contributed by atoms with Gasteiger partial charge in [-0.2, -0.15) is 0 Å². The molecular formula is C16H26N2O2. The van der Waals surface area contributed by atoms with E-state index in [0.29, 0.717) is 12.7 Å². The minimum Gasteiger partial charge on any atom is -0.494 e. The maximum atomic E-state index is 5.79. The maximum absolute atomic E-state index is 5.79. The normalized spacial score (nSPS) is 20.6. The van der Waals surface area contributed by atoms with E-state index in [1.807, 2.05) is 25.1 Å². The Morgan fingerprint density at radius 1 is 1.40 bits per heavy atom. The van der Waals surface area contributed by atoms with E-state index in [1.54, 1.807) is 0 Å². The van der Waals surface area contributed by atoms with Gasteiger partial charge >= 0.3 is 0 Å². The Morgan fingerprint density at radius 2 is 2.25 bits per heavy atom. The summed E-state index contributed by atoms with van der Waals surface area (Å²) in [7, 11) is 0. The van der Waals surface area contributed by atoms with E-state index >= 15 is 0 Å². The van der Waals surface area contributed by atoms with Crippen LogP contribution in [0.3, 0.4) is 0 Å². The van der Waals surface area contributed by atoms with Gasteiger partial charge in [-0.15, -0.1) is 0 Å². The van der Waals surface area contributed by atoms with Gasteiger partial charge in [0.1, 0.15) is 5.75 Å². The van der Waals surface area contributed by atoms with Crippen LogP contribution < -0.4 is 16.0 Å². The van der Waals surface area contributed by atoms with Gasteiger partial charge in [0, 0.05) is 18.2 Å². The monoisotopic (exact) mass is 278 g/mol. The van der Waals surface area contributed by atoms with Crippen molar-refractivity contribution in [3.05, 3.63) is 29.8 Å². The van der Waals surface area contributed by atoms with Crippen molar-refractivity contribution in [2.24, 2.45) is 5.84 Å². The Labute approximate surface area is 121 Å². The first kappa shape index (κ1) is 15.3. The highest BCUT2D eigenvalue weighted by molar-refractivity contribution is 5.35. The number of hydrogen-bond acceptors (Lipinski definition) is 4. The van der Waals surface area contributed by atoms with E-state index in [-0.39, 0.29) is 6.04 Å². The molecule has 1 aromatic rings. The molecule has 112 valence electrons. The second kappa shape index (κ2) is 8.25. The van der Waals surface area contributed by atoms with Crippen LogP contribution >= 0.6 is 0 Å². The summed E-state index contributed by atoms with van der Waals surface area (Å²) in [5.41, 5.74) is 4.05. The van der Waals surface area contributed by atoms with Crippen LogP contribution in [0.15, 0.2) is 24.3 Å². The van der Waals surface area contributed by atoms with Gasteiger partial charge in [-0.05, 0) is 45.1 Å². The lowest BCUT2D eigenvalue weighted by molar-refractivity contribution is 0.00850. The molecule has 0 saturated carbocycles. The standard InChI is InChI=1S/C16H26N2O2/c1-2-19-16-9-4-3-8-14(16)15(18-17)11-10-13-7-5-6-12-20-13/h3-4,8-9,13,15,18H,2,5-7,10-12,17H2,1H3. The molecule has 0 aliphatic carbocycles. The van der Waals surface area contributed by atoms with Gasteiger partial charge in [-0.3, -0.25) is 11.3 Å². The zero-order valence-electron chi connectivity index (χ0n) is 12.3. The van der Waals surface area contributed by atoms with Crippen LogP contribution in [-0.4, -0.2) is 19.3 Å². The van der Waals surface area contributed by atoms with Crippen LogP contribution in [0, 0.1) is 0 Å². The number of para-hydroxylation sites is 1. The van der Waals surface area contributed by atoms with Crippen LogP contribution in [0.1, 0.15) is 50.6 Å². The molecule has 1 aliphatic rings. The van der Waals surface area contributed by atoms with Gasteiger partial charge in [0.2, 0.25) is 0 Å². The first-order valence-corrected chi connectivity index (χ1v) is 7.64. The van der Waals surface area contributed by atoms with E-state index in [9.17, 15) is 0 Å². The van der Waals surface area contributed by atoms with E-state index in [2.05, 4.69) is 11.5 Å². The fourth-order valence-corrected chi connectivity index (χ4v) is 2.77. The average molecular weight is 278 g/mol. The lowest BCUT2D eigenvalue weighted by atomic mass is 9.97. The van der Waals surface area contributed by atoms with E-state index in [1.165, 1.54) is 19.3 Å². The van der Waals surface area contributed by atoms with Crippen LogP contribution in [0.25, 0.3) is 0 Å². The molecule has 0 bridgehead atoms. The Balaban J connectivity index is 1.96. The van der Waals surface area contributed by atoms with Gasteiger partial charge < -0.3 is 9.47 Å². The number of nitrogens with two attached hydrogens (primary N) is 1. The van der Waals surface area contributed by atoms with Crippen molar-refractivity contribution in [1.29, 1.82) is 0 Å². The zero-order valence-corrected chi connectivity index (χ0v) is 12.3. The molecular weight excluding hydrogens is 252 g/mol. The molecule has 20 heavy (non-hydrogen) atoms. The van der Waals surface area contributed by atoms with Gasteiger partial charge in [-0.1, -0.05) is 18.2 Å². The van der Waals surface area contributed by atoms with Gasteiger partial charge in [-0.25, -0.2) is 0 Å². The van der Waals surface area contributed by atoms with Crippen molar-refractivity contribution in [2.45, 2.75) is 51.2 Å². The highest BCUT2D eigenvalue weighted by atomic mass is 16.5. The van der Waals surface area contributed by atoms with Crippen LogP contribution in [-0.2, 0) is 4.74 Å². The number of ether oxygens (including phenoxy) is 2. The molecule has 1 heterocycles. The molecule has 1 aromatic carbocycles. The minimum absolute atomic E-state index is 0.114. The van der Waals surface area contributed by atoms with E-state index in [0.717, 1.165) is 30.8 Å². The second-order valence-electron chi connectivity index (χ2n) is 5.26. The molecule has 0 spiro atoms. The smallest absolute Gasteiger partial charge is 0.124 e. The summed E-state index contributed by atoms with van der Waals surface area (Å²) in [6.07, 6.45) is 6.03. The Kier molecular flexibility index (Phi) is 6.30. The minimum atomic E-state index is 0.114. The summed E-state index contributed by atoms with van der Waals surface area (Å²) in [6, 6.07) is 8.21. The molecule has 0 radical (unpaired) electrons. The fourth-order valence-electron chi connectivity index (χ4n) is 2.77.